The van der Waals surface area contributed by atoms with Gasteiger partial charge in [-0.2, -0.15) is 0 Å². The maximum absolute atomic E-state index is 11.9. The summed E-state index contributed by atoms with van der Waals surface area (Å²) in [6.45, 7) is 5.20. The Hall–Kier alpha value is -1.43. The number of carbonyl (C=O) groups excluding carboxylic acids is 1. The average Bonchev–Trinajstić information content (AvgIpc) is 2.96. The van der Waals surface area contributed by atoms with Gasteiger partial charge in [-0.15, -0.1) is 5.10 Å². The number of aromatic nitrogens is 3. The summed E-state index contributed by atoms with van der Waals surface area (Å²) in [6, 6.07) is 0. The fourth-order valence-corrected chi connectivity index (χ4v) is 2.02. The van der Waals surface area contributed by atoms with Crippen molar-refractivity contribution in [2.75, 3.05) is 19.6 Å². The zero-order valence-corrected chi connectivity index (χ0v) is 10.1. The first-order chi connectivity index (χ1) is 8.21. The Bertz CT molecular complexity index is 356. The number of aryl methyl sites for hydroxylation is 1. The van der Waals surface area contributed by atoms with Crippen LogP contribution in [0, 0.1) is 5.41 Å². The van der Waals surface area contributed by atoms with Crippen LogP contribution in [0.15, 0.2) is 12.4 Å². The van der Waals surface area contributed by atoms with Crippen molar-refractivity contribution < 1.29 is 4.79 Å². The molecule has 0 aromatic carbocycles. The van der Waals surface area contributed by atoms with E-state index in [1.165, 1.54) is 0 Å². The van der Waals surface area contributed by atoms with Gasteiger partial charge in [-0.1, -0.05) is 5.21 Å². The highest BCUT2D eigenvalue weighted by Crippen LogP contribution is 2.24. The van der Waals surface area contributed by atoms with Crippen molar-refractivity contribution in [3.8, 4) is 0 Å². The molecular weight excluding hydrogens is 218 g/mol. The predicted molar refractivity (Wildman–Crippen MR) is 63.2 cm³/mol. The van der Waals surface area contributed by atoms with Crippen molar-refractivity contribution in [1.29, 1.82) is 0 Å². The van der Waals surface area contributed by atoms with Crippen molar-refractivity contribution in [2.24, 2.45) is 5.41 Å². The fourth-order valence-electron chi connectivity index (χ4n) is 2.02. The lowest BCUT2D eigenvalue weighted by molar-refractivity contribution is -0.129. The lowest BCUT2D eigenvalue weighted by Crippen LogP contribution is -2.40. The molecule has 1 aromatic heterocycles. The number of hydrogen-bond donors (Lipinski definition) is 2. The molecule has 1 aliphatic heterocycles. The molecule has 1 unspecified atom stereocenters. The molecule has 0 saturated carbocycles. The standard InChI is InChI=1S/C11H19N5O/c1-11(3-5-12-9-11)10(17)13-4-2-7-16-8-6-14-15-16/h6,8,12H,2-5,7,9H2,1H3,(H,13,17). The van der Waals surface area contributed by atoms with Gasteiger partial charge in [0, 0.05) is 25.8 Å². The van der Waals surface area contributed by atoms with Crippen molar-refractivity contribution in [2.45, 2.75) is 26.3 Å². The van der Waals surface area contributed by atoms with E-state index in [9.17, 15) is 4.79 Å². The largest absolute Gasteiger partial charge is 0.356 e. The van der Waals surface area contributed by atoms with Gasteiger partial charge in [-0.25, -0.2) is 0 Å². The average molecular weight is 237 g/mol. The van der Waals surface area contributed by atoms with E-state index in [1.807, 2.05) is 13.1 Å². The van der Waals surface area contributed by atoms with Crippen molar-refractivity contribution in [3.63, 3.8) is 0 Å². The van der Waals surface area contributed by atoms with E-state index in [1.54, 1.807) is 10.9 Å². The van der Waals surface area contributed by atoms with E-state index in [0.29, 0.717) is 6.54 Å². The van der Waals surface area contributed by atoms with Gasteiger partial charge in [-0.05, 0) is 26.3 Å². The number of rotatable bonds is 5. The third-order valence-electron chi connectivity index (χ3n) is 3.24. The summed E-state index contributed by atoms with van der Waals surface area (Å²) in [5.74, 6) is 0.154. The number of amides is 1. The third-order valence-corrected chi connectivity index (χ3v) is 3.24. The first-order valence-electron chi connectivity index (χ1n) is 6.04. The van der Waals surface area contributed by atoms with Gasteiger partial charge in [0.25, 0.3) is 0 Å². The summed E-state index contributed by atoms with van der Waals surface area (Å²) < 4.78 is 1.77. The summed E-state index contributed by atoms with van der Waals surface area (Å²) in [5.41, 5.74) is -0.229. The lowest BCUT2D eigenvalue weighted by atomic mass is 9.89. The summed E-state index contributed by atoms with van der Waals surface area (Å²) >= 11 is 0. The first-order valence-corrected chi connectivity index (χ1v) is 6.04. The van der Waals surface area contributed by atoms with Crippen LogP contribution in [-0.4, -0.2) is 40.5 Å². The Kier molecular flexibility index (Phi) is 3.73. The van der Waals surface area contributed by atoms with Crippen LogP contribution < -0.4 is 10.6 Å². The molecule has 0 aliphatic carbocycles. The maximum atomic E-state index is 11.9. The molecule has 2 heterocycles. The lowest BCUT2D eigenvalue weighted by Gasteiger charge is -2.21. The second kappa shape index (κ2) is 5.27. The number of nitrogens with zero attached hydrogens (tertiary/aromatic N) is 3. The van der Waals surface area contributed by atoms with E-state index in [0.717, 1.165) is 32.5 Å². The molecule has 1 aliphatic rings. The summed E-state index contributed by atoms with van der Waals surface area (Å²) in [5, 5.41) is 13.8. The van der Waals surface area contributed by atoms with Crippen molar-refractivity contribution >= 4 is 5.91 Å². The van der Waals surface area contributed by atoms with Crippen LogP contribution in [0.25, 0.3) is 0 Å². The van der Waals surface area contributed by atoms with E-state index in [4.69, 9.17) is 0 Å². The van der Waals surface area contributed by atoms with Gasteiger partial charge < -0.3 is 10.6 Å². The number of carbonyl (C=O) groups is 1. The molecule has 17 heavy (non-hydrogen) atoms. The minimum atomic E-state index is -0.229. The Morgan fingerprint density at radius 1 is 1.65 bits per heavy atom. The highest BCUT2D eigenvalue weighted by molar-refractivity contribution is 5.82. The molecule has 0 radical (unpaired) electrons. The monoisotopic (exact) mass is 237 g/mol. The zero-order valence-electron chi connectivity index (χ0n) is 10.1. The molecule has 6 nitrogen and oxygen atoms in total. The van der Waals surface area contributed by atoms with E-state index < -0.39 is 0 Å². The van der Waals surface area contributed by atoms with Crippen LogP contribution in [0.1, 0.15) is 19.8 Å². The minimum absolute atomic E-state index is 0.154. The Labute approximate surface area is 101 Å². The predicted octanol–water partition coefficient (Wildman–Crippen LogP) is -0.216. The second-order valence-corrected chi connectivity index (χ2v) is 4.76. The molecule has 1 atom stereocenters. The van der Waals surface area contributed by atoms with Crippen molar-refractivity contribution in [3.05, 3.63) is 12.4 Å². The van der Waals surface area contributed by atoms with Gasteiger partial charge in [-0.3, -0.25) is 9.48 Å². The molecule has 1 saturated heterocycles. The smallest absolute Gasteiger partial charge is 0.227 e. The summed E-state index contributed by atoms with van der Waals surface area (Å²) in [7, 11) is 0. The maximum Gasteiger partial charge on any atom is 0.227 e. The van der Waals surface area contributed by atoms with Crippen LogP contribution >= 0.6 is 0 Å². The Morgan fingerprint density at radius 2 is 2.53 bits per heavy atom. The van der Waals surface area contributed by atoms with Gasteiger partial charge in [0.2, 0.25) is 5.91 Å². The van der Waals surface area contributed by atoms with Crippen LogP contribution in [0.2, 0.25) is 0 Å². The Balaban J connectivity index is 1.66. The SMILES string of the molecule is CC1(C(=O)NCCCn2ccnn2)CCNC1. The molecule has 1 amide bonds. The molecular formula is C11H19N5O. The molecule has 1 fully saturated rings. The van der Waals surface area contributed by atoms with Gasteiger partial charge >= 0.3 is 0 Å². The summed E-state index contributed by atoms with van der Waals surface area (Å²) in [6.07, 6.45) is 5.27. The van der Waals surface area contributed by atoms with Gasteiger partial charge in [0.15, 0.2) is 0 Å². The molecule has 2 rings (SSSR count). The van der Waals surface area contributed by atoms with Crippen molar-refractivity contribution in [1.82, 2.24) is 25.6 Å². The van der Waals surface area contributed by atoms with Crippen LogP contribution in [0.3, 0.4) is 0 Å². The first kappa shape index (κ1) is 12.0. The number of hydrogen-bond acceptors (Lipinski definition) is 4. The van der Waals surface area contributed by atoms with Crippen LogP contribution in [-0.2, 0) is 11.3 Å². The van der Waals surface area contributed by atoms with Gasteiger partial charge in [0.1, 0.15) is 0 Å². The zero-order chi connectivity index (χ0) is 12.1. The normalized spacial score (nSPS) is 23.8. The quantitative estimate of drug-likeness (QED) is 0.695. The molecule has 6 heteroatoms. The highest BCUT2D eigenvalue weighted by atomic mass is 16.2. The molecule has 1 aromatic rings. The minimum Gasteiger partial charge on any atom is -0.356 e. The molecule has 2 N–H and O–H groups in total. The van der Waals surface area contributed by atoms with E-state index in [2.05, 4.69) is 20.9 Å². The molecule has 94 valence electrons. The van der Waals surface area contributed by atoms with Crippen LogP contribution in [0.5, 0.6) is 0 Å². The topological polar surface area (TPSA) is 71.8 Å². The number of nitrogens with one attached hydrogen (secondary N) is 2. The molecule has 0 bridgehead atoms. The fraction of sp³-hybridized carbons (Fsp3) is 0.727. The Morgan fingerprint density at radius 3 is 3.18 bits per heavy atom. The van der Waals surface area contributed by atoms with Gasteiger partial charge in [0.05, 0.1) is 11.6 Å². The molecule has 0 spiro atoms. The third kappa shape index (κ3) is 3.03. The van der Waals surface area contributed by atoms with E-state index >= 15 is 0 Å². The highest BCUT2D eigenvalue weighted by Gasteiger charge is 2.35. The summed E-state index contributed by atoms with van der Waals surface area (Å²) in [4.78, 5) is 11.9. The van der Waals surface area contributed by atoms with E-state index in [-0.39, 0.29) is 11.3 Å². The second-order valence-electron chi connectivity index (χ2n) is 4.76. The van der Waals surface area contributed by atoms with Crippen LogP contribution in [0.4, 0.5) is 0 Å².